The van der Waals surface area contributed by atoms with Crippen molar-refractivity contribution in [2.45, 2.75) is 44.7 Å². The van der Waals surface area contributed by atoms with Crippen LogP contribution in [0.3, 0.4) is 0 Å². The Bertz CT molecular complexity index is 1600. The van der Waals surface area contributed by atoms with Gasteiger partial charge in [0.05, 0.1) is 27.4 Å². The zero-order chi connectivity index (χ0) is 28.5. The molecule has 40 heavy (non-hydrogen) atoms. The first-order chi connectivity index (χ1) is 18.3. The molecule has 3 aromatic rings. The Kier molecular flexibility index (Phi) is 10.2. The summed E-state index contributed by atoms with van der Waals surface area (Å²) in [7, 11) is -4.94. The topological polar surface area (TPSA) is 175 Å². The van der Waals surface area contributed by atoms with Crippen LogP contribution in [0.2, 0.25) is 10.3 Å². The van der Waals surface area contributed by atoms with Gasteiger partial charge in [0.1, 0.15) is 15.8 Å². The zero-order valence-electron chi connectivity index (χ0n) is 22.0. The monoisotopic (exact) mass is 614 g/mol. The van der Waals surface area contributed by atoms with E-state index >= 15 is 0 Å². The average Bonchev–Trinajstić information content (AvgIpc) is 3.09. The molecule has 1 amide bonds. The van der Waals surface area contributed by atoms with Gasteiger partial charge in [-0.3, -0.25) is 4.79 Å². The second-order valence-corrected chi connectivity index (χ2v) is 10.6. The Morgan fingerprint density at radius 3 is 2.50 bits per heavy atom. The van der Waals surface area contributed by atoms with Gasteiger partial charge in [-0.1, -0.05) is 23.7 Å². The van der Waals surface area contributed by atoms with Crippen LogP contribution in [-0.4, -0.2) is 51.7 Å². The van der Waals surface area contributed by atoms with Crippen molar-refractivity contribution in [1.82, 2.24) is 15.0 Å². The van der Waals surface area contributed by atoms with E-state index in [0.29, 0.717) is 22.0 Å². The van der Waals surface area contributed by atoms with Gasteiger partial charge in [0.25, 0.3) is 5.91 Å². The van der Waals surface area contributed by atoms with Crippen molar-refractivity contribution in [1.29, 1.82) is 0 Å². The van der Waals surface area contributed by atoms with E-state index in [1.165, 1.54) is 12.1 Å². The zero-order valence-corrected chi connectivity index (χ0v) is 26.3. The van der Waals surface area contributed by atoms with Crippen LogP contribution < -0.4 is 44.6 Å². The SMILES string of the molecule is CC1=NN(c2c(C)cccc2Cl)C(=O)C1N=Nc1cc(Nc2nc(Cl)nc(OC(C)C)n2)ccc1S(=O)(=O)[O-].[Na+]. The fourth-order valence-electron chi connectivity index (χ4n) is 3.53. The number of hydrogen-bond donors (Lipinski definition) is 1. The van der Waals surface area contributed by atoms with Crippen molar-refractivity contribution in [2.75, 3.05) is 10.3 Å². The number of amides is 1. The van der Waals surface area contributed by atoms with Gasteiger partial charge >= 0.3 is 35.6 Å². The van der Waals surface area contributed by atoms with Crippen molar-refractivity contribution < 1.29 is 52.1 Å². The van der Waals surface area contributed by atoms with E-state index in [9.17, 15) is 17.8 Å². The summed E-state index contributed by atoms with van der Waals surface area (Å²) in [6.07, 6.45) is -0.229. The molecule has 17 heteroatoms. The second kappa shape index (κ2) is 12.9. The van der Waals surface area contributed by atoms with Crippen LogP contribution >= 0.6 is 23.2 Å². The van der Waals surface area contributed by atoms with Gasteiger partial charge in [0.2, 0.25) is 11.2 Å². The molecule has 1 atom stereocenters. The van der Waals surface area contributed by atoms with Crippen LogP contribution in [0, 0.1) is 6.92 Å². The largest absolute Gasteiger partial charge is 1.00 e. The Morgan fingerprint density at radius 2 is 1.85 bits per heavy atom. The molecule has 1 aliphatic heterocycles. The van der Waals surface area contributed by atoms with E-state index in [4.69, 9.17) is 27.9 Å². The molecule has 0 spiro atoms. The third-order valence-corrected chi connectivity index (χ3v) is 6.55. The molecule has 0 radical (unpaired) electrons. The second-order valence-electron chi connectivity index (χ2n) is 8.55. The van der Waals surface area contributed by atoms with Crippen LogP contribution in [-0.2, 0) is 14.9 Å². The van der Waals surface area contributed by atoms with Crippen LogP contribution in [0.4, 0.5) is 23.0 Å². The molecule has 1 aromatic heterocycles. The maximum atomic E-state index is 13.1. The summed E-state index contributed by atoms with van der Waals surface area (Å²) < 4.78 is 41.1. The van der Waals surface area contributed by atoms with Gasteiger partial charge in [-0.15, -0.1) is 0 Å². The number of anilines is 3. The Hall–Kier alpha value is -2.72. The summed E-state index contributed by atoms with van der Waals surface area (Å²) in [5.74, 6) is -0.559. The van der Waals surface area contributed by atoms with Crippen molar-refractivity contribution >= 4 is 67.9 Å². The minimum atomic E-state index is -4.94. The number of azo groups is 1. The van der Waals surface area contributed by atoms with Crippen molar-refractivity contribution in [3.05, 3.63) is 52.3 Å². The molecule has 2 heterocycles. The van der Waals surface area contributed by atoms with Gasteiger partial charge in [-0.25, -0.2) is 8.42 Å². The number of nitrogens with zero attached hydrogens (tertiary/aromatic N) is 7. The number of hydrazone groups is 1. The predicted molar refractivity (Wildman–Crippen MR) is 143 cm³/mol. The first-order valence-corrected chi connectivity index (χ1v) is 13.5. The summed E-state index contributed by atoms with van der Waals surface area (Å²) >= 11 is 12.2. The average molecular weight is 615 g/mol. The van der Waals surface area contributed by atoms with Crippen LogP contribution in [0.1, 0.15) is 26.3 Å². The molecule has 13 nitrogen and oxygen atoms in total. The van der Waals surface area contributed by atoms with Crippen molar-refractivity contribution in [3.8, 4) is 6.01 Å². The quantitative estimate of drug-likeness (QED) is 0.225. The smallest absolute Gasteiger partial charge is 0.744 e. The van der Waals surface area contributed by atoms with E-state index in [1.807, 2.05) is 0 Å². The molecule has 4 rings (SSSR count). The fourth-order valence-corrected chi connectivity index (χ4v) is 4.57. The summed E-state index contributed by atoms with van der Waals surface area (Å²) in [6.45, 7) is 6.90. The standard InChI is InChI=1S/C23H22Cl2N8O5S.Na/c1-11(2)38-23-28-21(25)27-22(29-23)26-14-8-9-17(39(35,36)37)16(10-14)30-31-18-13(4)32-33(20(18)34)19-12(3)6-5-7-15(19)24;/h5-11,18H,1-4H3,(H,35,36,37)(H,26,27,28,29);/q;+1/p-1. The fraction of sp³-hybridized carbons (Fsp3) is 0.261. The summed E-state index contributed by atoms with van der Waals surface area (Å²) in [5.41, 5.74) is 1.32. The molecule has 0 bridgehead atoms. The van der Waals surface area contributed by atoms with Crippen LogP contribution in [0.5, 0.6) is 6.01 Å². The normalized spacial score (nSPS) is 15.4. The summed E-state index contributed by atoms with van der Waals surface area (Å²) in [4.78, 5) is 24.4. The van der Waals surface area contributed by atoms with E-state index in [2.05, 4.69) is 35.6 Å². The number of rotatable bonds is 8. The molecule has 1 unspecified atom stereocenters. The molecular weight excluding hydrogens is 594 g/mol. The third kappa shape index (κ3) is 7.32. The first-order valence-electron chi connectivity index (χ1n) is 11.3. The summed E-state index contributed by atoms with van der Waals surface area (Å²) in [5, 5.41) is 16.3. The number of aromatic nitrogens is 3. The number of hydrogen-bond acceptors (Lipinski definition) is 12. The number of halogens is 2. The van der Waals surface area contributed by atoms with Crippen LogP contribution in [0.25, 0.3) is 0 Å². The number of aryl methyl sites for hydroxylation is 1. The number of carbonyl (C=O) groups excluding carboxylic acids is 1. The maximum Gasteiger partial charge on any atom is 1.00 e. The Labute approximate surface area is 262 Å². The minimum Gasteiger partial charge on any atom is -0.744 e. The van der Waals surface area contributed by atoms with E-state index in [1.54, 1.807) is 45.9 Å². The number of nitrogens with one attached hydrogen (secondary N) is 1. The molecular formula is C23H21Cl2N8NaO5S. The van der Waals surface area contributed by atoms with Gasteiger partial charge in [-0.05, 0) is 69.1 Å². The Morgan fingerprint density at radius 1 is 1.12 bits per heavy atom. The van der Waals surface area contributed by atoms with E-state index < -0.39 is 27.0 Å². The Balaban J connectivity index is 0.00000441. The third-order valence-electron chi connectivity index (χ3n) is 5.19. The molecule has 0 aliphatic carbocycles. The van der Waals surface area contributed by atoms with Gasteiger partial charge in [0.15, 0.2) is 6.04 Å². The van der Waals surface area contributed by atoms with Gasteiger partial charge < -0.3 is 14.6 Å². The molecule has 0 saturated carbocycles. The number of para-hydroxylation sites is 1. The molecule has 0 saturated heterocycles. The number of ether oxygens (including phenoxy) is 1. The summed E-state index contributed by atoms with van der Waals surface area (Å²) in [6, 6.07) is 7.52. The molecule has 1 aliphatic rings. The van der Waals surface area contributed by atoms with Crippen LogP contribution in [0.15, 0.2) is 56.6 Å². The predicted octanol–water partition coefficient (Wildman–Crippen LogP) is 1.80. The van der Waals surface area contributed by atoms with E-state index in [0.717, 1.165) is 11.1 Å². The van der Waals surface area contributed by atoms with Gasteiger partial charge in [-0.2, -0.15) is 35.3 Å². The minimum absolute atomic E-state index is 0. The van der Waals surface area contributed by atoms with E-state index in [-0.39, 0.29) is 64.3 Å². The van der Waals surface area contributed by atoms with Crippen molar-refractivity contribution in [3.63, 3.8) is 0 Å². The maximum absolute atomic E-state index is 13.1. The molecule has 204 valence electrons. The number of benzene rings is 2. The molecule has 1 N–H and O–H groups in total. The first kappa shape index (κ1) is 31.8. The molecule has 0 fully saturated rings. The number of carbonyl (C=O) groups is 1. The molecule has 2 aromatic carbocycles. The van der Waals surface area contributed by atoms with Crippen molar-refractivity contribution in [2.24, 2.45) is 15.3 Å². The van der Waals surface area contributed by atoms with Gasteiger partial charge in [0, 0.05) is 5.69 Å².